The van der Waals surface area contributed by atoms with Crippen molar-refractivity contribution in [1.29, 1.82) is 0 Å². The molecular formula is C16H17ClN2S. The number of hydrogen-bond acceptors (Lipinski definition) is 2. The van der Waals surface area contributed by atoms with Crippen molar-refractivity contribution in [2.24, 2.45) is 4.99 Å². The summed E-state index contributed by atoms with van der Waals surface area (Å²) in [6.07, 6.45) is 1.87. The van der Waals surface area contributed by atoms with Gasteiger partial charge in [0.1, 0.15) is 6.34 Å². The molecule has 0 radical (unpaired) electrons. The SMILES string of the molecule is CCN(C=Nc1ccc(Cl)cc1C)Sc1ccccc1. The van der Waals surface area contributed by atoms with Crippen LogP contribution in [0.15, 0.2) is 58.4 Å². The van der Waals surface area contributed by atoms with E-state index in [-0.39, 0.29) is 0 Å². The van der Waals surface area contributed by atoms with Gasteiger partial charge in [-0.05, 0) is 61.7 Å². The standard InChI is InChI=1S/C16H17ClN2S/c1-3-19(20-15-7-5-4-6-8-15)12-18-16-10-9-14(17)11-13(16)2/h4-12H,3H2,1-2H3. The molecule has 0 N–H and O–H groups in total. The maximum absolute atomic E-state index is 5.95. The number of aliphatic imine (C=N–C) groups is 1. The predicted octanol–water partition coefficient (Wildman–Crippen LogP) is 5.34. The number of halogens is 1. The maximum atomic E-state index is 5.95. The highest BCUT2D eigenvalue weighted by Crippen LogP contribution is 2.24. The Bertz CT molecular complexity index is 584. The van der Waals surface area contributed by atoms with E-state index in [1.807, 2.05) is 49.7 Å². The number of benzene rings is 2. The summed E-state index contributed by atoms with van der Waals surface area (Å²) < 4.78 is 2.10. The summed E-state index contributed by atoms with van der Waals surface area (Å²) in [6.45, 7) is 5.01. The molecule has 0 aliphatic heterocycles. The first-order valence-corrected chi connectivity index (χ1v) is 7.64. The van der Waals surface area contributed by atoms with Crippen LogP contribution in [-0.4, -0.2) is 17.2 Å². The van der Waals surface area contributed by atoms with Crippen LogP contribution >= 0.6 is 23.5 Å². The van der Waals surface area contributed by atoms with Gasteiger partial charge in [-0.25, -0.2) is 4.99 Å². The molecule has 2 aromatic rings. The number of nitrogens with zero attached hydrogens (tertiary/aromatic N) is 2. The summed E-state index contributed by atoms with van der Waals surface area (Å²) in [5.74, 6) is 0. The van der Waals surface area contributed by atoms with Crippen molar-refractivity contribution in [2.75, 3.05) is 6.54 Å². The molecule has 0 spiro atoms. The van der Waals surface area contributed by atoms with Gasteiger partial charge in [0.05, 0.1) is 5.69 Å². The average Bonchev–Trinajstić information content (AvgIpc) is 2.46. The molecule has 0 fully saturated rings. The summed E-state index contributed by atoms with van der Waals surface area (Å²) in [4.78, 5) is 5.74. The topological polar surface area (TPSA) is 15.6 Å². The predicted molar refractivity (Wildman–Crippen MR) is 89.0 cm³/mol. The van der Waals surface area contributed by atoms with E-state index in [4.69, 9.17) is 11.6 Å². The van der Waals surface area contributed by atoms with Crippen molar-refractivity contribution < 1.29 is 0 Å². The zero-order valence-electron chi connectivity index (χ0n) is 11.6. The van der Waals surface area contributed by atoms with Crippen LogP contribution in [0, 0.1) is 6.92 Å². The lowest BCUT2D eigenvalue weighted by Crippen LogP contribution is -2.11. The van der Waals surface area contributed by atoms with E-state index in [1.54, 1.807) is 11.9 Å². The molecule has 2 aromatic carbocycles. The van der Waals surface area contributed by atoms with Gasteiger partial charge in [0, 0.05) is 16.5 Å². The third kappa shape index (κ3) is 4.29. The molecule has 0 saturated carbocycles. The Kier molecular flexibility index (Phi) is 5.50. The Balaban J connectivity index is 2.07. The third-order valence-corrected chi connectivity index (χ3v) is 4.07. The summed E-state index contributed by atoms with van der Waals surface area (Å²) in [6, 6.07) is 16.0. The van der Waals surface area contributed by atoms with Gasteiger partial charge >= 0.3 is 0 Å². The van der Waals surface area contributed by atoms with E-state index in [2.05, 4.69) is 28.4 Å². The van der Waals surface area contributed by atoms with Crippen molar-refractivity contribution in [1.82, 2.24) is 4.31 Å². The second kappa shape index (κ2) is 7.36. The highest BCUT2D eigenvalue weighted by atomic mass is 35.5. The molecule has 4 heteroatoms. The summed E-state index contributed by atoms with van der Waals surface area (Å²) >= 11 is 7.62. The van der Waals surface area contributed by atoms with Gasteiger partial charge in [-0.3, -0.25) is 0 Å². The Hall–Kier alpha value is -1.45. The molecule has 0 atom stereocenters. The number of rotatable bonds is 5. The summed E-state index contributed by atoms with van der Waals surface area (Å²) in [5, 5.41) is 0.743. The zero-order valence-corrected chi connectivity index (χ0v) is 13.2. The first kappa shape index (κ1) is 14.9. The highest BCUT2D eigenvalue weighted by Gasteiger charge is 2.01. The minimum Gasteiger partial charge on any atom is -0.303 e. The van der Waals surface area contributed by atoms with Crippen LogP contribution < -0.4 is 0 Å². The summed E-state index contributed by atoms with van der Waals surface area (Å²) in [5.41, 5.74) is 2.02. The fraction of sp³-hybridized carbons (Fsp3) is 0.188. The highest BCUT2D eigenvalue weighted by molar-refractivity contribution is 7.97. The van der Waals surface area contributed by atoms with Crippen molar-refractivity contribution in [3.8, 4) is 0 Å². The van der Waals surface area contributed by atoms with Gasteiger partial charge in [0.25, 0.3) is 0 Å². The molecule has 0 aliphatic rings. The molecule has 2 nitrogen and oxygen atoms in total. The molecule has 2 rings (SSSR count). The fourth-order valence-corrected chi connectivity index (χ4v) is 2.68. The van der Waals surface area contributed by atoms with Crippen LogP contribution in [0.1, 0.15) is 12.5 Å². The van der Waals surface area contributed by atoms with Crippen LogP contribution in [-0.2, 0) is 0 Å². The van der Waals surface area contributed by atoms with Gasteiger partial charge in [-0.2, -0.15) is 0 Å². The molecule has 0 aliphatic carbocycles. The van der Waals surface area contributed by atoms with E-state index < -0.39 is 0 Å². The normalized spacial score (nSPS) is 10.9. The van der Waals surface area contributed by atoms with Crippen molar-refractivity contribution in [2.45, 2.75) is 18.7 Å². The molecule has 0 saturated heterocycles. The minimum absolute atomic E-state index is 0.743. The lowest BCUT2D eigenvalue weighted by atomic mass is 10.2. The van der Waals surface area contributed by atoms with Gasteiger partial charge in [0.2, 0.25) is 0 Å². The zero-order chi connectivity index (χ0) is 14.4. The van der Waals surface area contributed by atoms with Crippen LogP contribution in [0.25, 0.3) is 0 Å². The Morgan fingerprint density at radius 1 is 1.20 bits per heavy atom. The Morgan fingerprint density at radius 3 is 2.60 bits per heavy atom. The van der Waals surface area contributed by atoms with Gasteiger partial charge in [-0.1, -0.05) is 29.8 Å². The third-order valence-electron chi connectivity index (χ3n) is 2.76. The molecule has 0 amide bonds. The Labute approximate surface area is 129 Å². The average molecular weight is 305 g/mol. The van der Waals surface area contributed by atoms with E-state index >= 15 is 0 Å². The lowest BCUT2D eigenvalue weighted by molar-refractivity contribution is 0.733. The van der Waals surface area contributed by atoms with Crippen molar-refractivity contribution in [3.05, 3.63) is 59.1 Å². The maximum Gasteiger partial charge on any atom is 0.101 e. The van der Waals surface area contributed by atoms with E-state index in [0.717, 1.165) is 22.8 Å². The van der Waals surface area contributed by atoms with E-state index in [9.17, 15) is 0 Å². The number of aryl methyl sites for hydroxylation is 1. The first-order chi connectivity index (χ1) is 9.69. The number of hydrogen-bond donors (Lipinski definition) is 0. The molecule has 104 valence electrons. The van der Waals surface area contributed by atoms with Crippen LogP contribution in [0.4, 0.5) is 5.69 Å². The molecular weight excluding hydrogens is 288 g/mol. The molecule has 0 unspecified atom stereocenters. The van der Waals surface area contributed by atoms with Crippen LogP contribution in [0.2, 0.25) is 5.02 Å². The van der Waals surface area contributed by atoms with Crippen LogP contribution in [0.5, 0.6) is 0 Å². The largest absolute Gasteiger partial charge is 0.303 e. The molecule has 0 aromatic heterocycles. The monoisotopic (exact) mass is 304 g/mol. The smallest absolute Gasteiger partial charge is 0.101 e. The molecule has 0 bridgehead atoms. The van der Waals surface area contributed by atoms with Crippen LogP contribution in [0.3, 0.4) is 0 Å². The van der Waals surface area contributed by atoms with E-state index in [0.29, 0.717) is 0 Å². The minimum atomic E-state index is 0.743. The van der Waals surface area contributed by atoms with E-state index in [1.165, 1.54) is 4.90 Å². The van der Waals surface area contributed by atoms with Crippen molar-refractivity contribution >= 4 is 35.6 Å². The van der Waals surface area contributed by atoms with Crippen molar-refractivity contribution in [3.63, 3.8) is 0 Å². The lowest BCUT2D eigenvalue weighted by Gasteiger charge is -2.15. The first-order valence-electron chi connectivity index (χ1n) is 6.49. The molecule has 0 heterocycles. The quantitative estimate of drug-likeness (QED) is 0.421. The van der Waals surface area contributed by atoms with Gasteiger partial charge < -0.3 is 4.31 Å². The van der Waals surface area contributed by atoms with Gasteiger partial charge in [0.15, 0.2) is 0 Å². The summed E-state index contributed by atoms with van der Waals surface area (Å²) in [7, 11) is 0. The molecule has 20 heavy (non-hydrogen) atoms. The van der Waals surface area contributed by atoms with Gasteiger partial charge in [-0.15, -0.1) is 0 Å². The fourth-order valence-electron chi connectivity index (χ4n) is 1.68. The second-order valence-corrected chi connectivity index (χ2v) is 5.87. The second-order valence-electron chi connectivity index (χ2n) is 4.31. The Morgan fingerprint density at radius 2 is 1.95 bits per heavy atom.